The van der Waals surface area contributed by atoms with E-state index >= 15 is 0 Å². The molecule has 2 aliphatic carbocycles. The molecule has 0 heterocycles. The van der Waals surface area contributed by atoms with E-state index in [0.717, 1.165) is 11.1 Å². The number of ether oxygens (including phenoxy) is 1. The van der Waals surface area contributed by atoms with Gasteiger partial charge in [-0.1, -0.05) is 69.3 Å². The molecule has 0 radical (unpaired) electrons. The fourth-order valence-corrected chi connectivity index (χ4v) is 5.16. The van der Waals surface area contributed by atoms with Crippen molar-refractivity contribution < 1.29 is 24.2 Å². The van der Waals surface area contributed by atoms with E-state index < -0.39 is 24.0 Å². The second kappa shape index (κ2) is 10.1. The second-order valence-corrected chi connectivity index (χ2v) is 10.7. The van der Waals surface area contributed by atoms with E-state index in [9.17, 15) is 19.5 Å². The molecule has 2 aliphatic rings. The van der Waals surface area contributed by atoms with E-state index in [0.29, 0.717) is 19.3 Å². The summed E-state index contributed by atoms with van der Waals surface area (Å²) >= 11 is 0. The minimum absolute atomic E-state index is 0.0333. The molecule has 7 heteroatoms. The van der Waals surface area contributed by atoms with E-state index in [1.54, 1.807) is 0 Å². The topological polar surface area (TPSA) is 105 Å². The zero-order valence-corrected chi connectivity index (χ0v) is 20.5. The van der Waals surface area contributed by atoms with Crippen LogP contribution in [0.5, 0.6) is 0 Å². The lowest BCUT2D eigenvalue weighted by Gasteiger charge is -2.31. The van der Waals surface area contributed by atoms with Crippen LogP contribution in [0.3, 0.4) is 0 Å². The van der Waals surface area contributed by atoms with E-state index in [1.165, 1.54) is 11.1 Å². The number of carboxylic acids is 1. The zero-order chi connectivity index (χ0) is 25.2. The molecule has 0 spiro atoms. The van der Waals surface area contributed by atoms with Crippen molar-refractivity contribution in [3.63, 3.8) is 0 Å². The van der Waals surface area contributed by atoms with Gasteiger partial charge >= 0.3 is 12.1 Å². The third-order valence-corrected chi connectivity index (χ3v) is 7.22. The molecule has 1 saturated carbocycles. The van der Waals surface area contributed by atoms with Crippen molar-refractivity contribution >= 4 is 18.0 Å². The number of hydrogen-bond donors (Lipinski definition) is 3. The van der Waals surface area contributed by atoms with Crippen molar-refractivity contribution in [3.05, 3.63) is 59.7 Å². The molecule has 2 aromatic rings. The Bertz CT molecular complexity index is 1060. The summed E-state index contributed by atoms with van der Waals surface area (Å²) in [5.74, 6) is -1.45. The van der Waals surface area contributed by atoms with Gasteiger partial charge in [0.15, 0.2) is 0 Å². The fraction of sp³-hybridized carbons (Fsp3) is 0.464. The largest absolute Gasteiger partial charge is 0.481 e. The van der Waals surface area contributed by atoms with E-state index in [2.05, 4.69) is 34.9 Å². The molecule has 3 N–H and O–H groups in total. The average molecular weight is 479 g/mol. The molecule has 0 saturated heterocycles. The molecular weight excluding hydrogens is 444 g/mol. The highest BCUT2D eigenvalue weighted by Crippen LogP contribution is 2.44. The smallest absolute Gasteiger partial charge is 0.407 e. The summed E-state index contributed by atoms with van der Waals surface area (Å²) in [6.45, 7) is 6.10. The predicted molar refractivity (Wildman–Crippen MR) is 133 cm³/mol. The van der Waals surface area contributed by atoms with Crippen LogP contribution < -0.4 is 10.6 Å². The molecule has 7 nitrogen and oxygen atoms in total. The number of carbonyl (C=O) groups excluding carboxylic acids is 2. The summed E-state index contributed by atoms with van der Waals surface area (Å²) in [5.41, 5.74) is 4.24. The Morgan fingerprint density at radius 3 is 2.14 bits per heavy atom. The molecule has 186 valence electrons. The number of carboxylic acid groups (broad SMARTS) is 1. The van der Waals surface area contributed by atoms with Crippen molar-refractivity contribution in [2.75, 3.05) is 6.61 Å². The van der Waals surface area contributed by atoms with Gasteiger partial charge in [-0.15, -0.1) is 0 Å². The first-order valence-electron chi connectivity index (χ1n) is 12.3. The van der Waals surface area contributed by atoms with E-state index in [-0.39, 0.29) is 36.3 Å². The number of carbonyl (C=O) groups is 3. The van der Waals surface area contributed by atoms with Crippen LogP contribution in [0, 0.1) is 11.3 Å². The molecule has 0 aromatic heterocycles. The summed E-state index contributed by atoms with van der Waals surface area (Å²) in [7, 11) is 0. The minimum atomic E-state index is -0.814. The number of fused-ring (bicyclic) bond motifs is 3. The van der Waals surface area contributed by atoms with Crippen molar-refractivity contribution in [1.29, 1.82) is 0 Å². The van der Waals surface area contributed by atoms with Gasteiger partial charge < -0.3 is 20.5 Å². The zero-order valence-electron chi connectivity index (χ0n) is 20.5. The fourth-order valence-electron chi connectivity index (χ4n) is 5.16. The standard InChI is InChI=1S/C28H34N2O5/c1-28(2,3)24(15-25(31)29-18-13-12-17(14-18)26(32)33)30-27(34)35-16-23-21-10-6-4-8-19(21)20-9-5-7-11-22(20)23/h4-11,17-18,23-24H,12-16H2,1-3H3,(H,29,31)(H,30,34)(H,32,33)/t17-,18+,24?/m1/s1. The number of benzene rings is 2. The average Bonchev–Trinajstić information content (AvgIpc) is 3.39. The number of alkyl carbamates (subject to hydrolysis) is 1. The minimum Gasteiger partial charge on any atom is -0.481 e. The Balaban J connectivity index is 1.35. The van der Waals surface area contributed by atoms with Crippen LogP contribution in [-0.2, 0) is 14.3 Å². The highest BCUT2D eigenvalue weighted by atomic mass is 16.5. The molecule has 35 heavy (non-hydrogen) atoms. The van der Waals surface area contributed by atoms with Crippen LogP contribution in [0.1, 0.15) is 63.5 Å². The maximum atomic E-state index is 12.8. The molecule has 3 atom stereocenters. The Labute approximate surface area is 206 Å². The van der Waals surface area contributed by atoms with Gasteiger partial charge in [-0.2, -0.15) is 0 Å². The number of nitrogens with one attached hydrogen (secondary N) is 2. The van der Waals surface area contributed by atoms with Crippen LogP contribution in [-0.4, -0.2) is 41.8 Å². The quantitative estimate of drug-likeness (QED) is 0.535. The van der Waals surface area contributed by atoms with Crippen LogP contribution in [0.4, 0.5) is 4.79 Å². The Kier molecular flexibility index (Phi) is 7.15. The number of hydrogen-bond acceptors (Lipinski definition) is 4. The van der Waals surface area contributed by atoms with Crippen molar-refractivity contribution in [2.45, 2.75) is 64.5 Å². The second-order valence-electron chi connectivity index (χ2n) is 10.7. The SMILES string of the molecule is CC(C)(C)C(CC(=O)N[C@H]1CC[C@@H](C(=O)O)C1)NC(=O)OCC1c2ccccc2-c2ccccc21. The van der Waals surface area contributed by atoms with Crippen LogP contribution in [0.2, 0.25) is 0 Å². The van der Waals surface area contributed by atoms with E-state index in [4.69, 9.17) is 4.74 Å². The number of amides is 2. The molecule has 0 bridgehead atoms. The van der Waals surface area contributed by atoms with Gasteiger partial charge in [0.25, 0.3) is 0 Å². The summed E-state index contributed by atoms with van der Waals surface area (Å²) in [6, 6.07) is 15.8. The molecular formula is C28H34N2O5. The number of rotatable bonds is 7. The molecule has 2 aromatic carbocycles. The summed E-state index contributed by atoms with van der Waals surface area (Å²) in [4.78, 5) is 36.7. The normalized spacial score (nSPS) is 20.0. The van der Waals surface area contributed by atoms with Gasteiger partial charge in [-0.3, -0.25) is 9.59 Å². The van der Waals surface area contributed by atoms with Crippen molar-refractivity contribution in [3.8, 4) is 11.1 Å². The molecule has 2 amide bonds. The van der Waals surface area contributed by atoms with Crippen LogP contribution >= 0.6 is 0 Å². The predicted octanol–water partition coefficient (Wildman–Crippen LogP) is 4.70. The Morgan fingerprint density at radius 2 is 1.60 bits per heavy atom. The van der Waals surface area contributed by atoms with Gasteiger partial charge in [0.1, 0.15) is 6.61 Å². The Hall–Kier alpha value is -3.35. The van der Waals surface area contributed by atoms with Crippen molar-refractivity contribution in [2.24, 2.45) is 11.3 Å². The van der Waals surface area contributed by atoms with E-state index in [1.807, 2.05) is 45.0 Å². The third kappa shape index (κ3) is 5.66. The third-order valence-electron chi connectivity index (χ3n) is 7.22. The molecule has 4 rings (SSSR count). The molecule has 1 fully saturated rings. The van der Waals surface area contributed by atoms with Gasteiger partial charge in [-0.05, 0) is 46.9 Å². The highest BCUT2D eigenvalue weighted by Gasteiger charge is 2.34. The monoisotopic (exact) mass is 478 g/mol. The van der Waals surface area contributed by atoms with Gasteiger partial charge in [-0.25, -0.2) is 4.79 Å². The first-order valence-corrected chi connectivity index (χ1v) is 12.3. The molecule has 1 unspecified atom stereocenters. The van der Waals surface area contributed by atoms with Gasteiger partial charge in [0, 0.05) is 24.4 Å². The van der Waals surface area contributed by atoms with Crippen LogP contribution in [0.25, 0.3) is 11.1 Å². The number of aliphatic carboxylic acids is 1. The first-order chi connectivity index (χ1) is 16.6. The van der Waals surface area contributed by atoms with Crippen LogP contribution in [0.15, 0.2) is 48.5 Å². The van der Waals surface area contributed by atoms with Crippen molar-refractivity contribution in [1.82, 2.24) is 10.6 Å². The Morgan fingerprint density at radius 1 is 1.00 bits per heavy atom. The van der Waals surface area contributed by atoms with Gasteiger partial charge in [0.05, 0.1) is 5.92 Å². The first kappa shape index (κ1) is 24.8. The molecule has 0 aliphatic heterocycles. The summed E-state index contributed by atoms with van der Waals surface area (Å²) in [5, 5.41) is 15.0. The summed E-state index contributed by atoms with van der Waals surface area (Å²) in [6.07, 6.45) is 1.22. The maximum absolute atomic E-state index is 12.8. The maximum Gasteiger partial charge on any atom is 0.407 e. The highest BCUT2D eigenvalue weighted by molar-refractivity contribution is 5.80. The summed E-state index contributed by atoms with van der Waals surface area (Å²) < 4.78 is 5.67. The lowest BCUT2D eigenvalue weighted by atomic mass is 9.84. The van der Waals surface area contributed by atoms with Gasteiger partial charge in [0.2, 0.25) is 5.91 Å². The lowest BCUT2D eigenvalue weighted by molar-refractivity contribution is -0.141. The lowest BCUT2D eigenvalue weighted by Crippen LogP contribution is -2.48.